The van der Waals surface area contributed by atoms with Gasteiger partial charge >= 0.3 is 5.97 Å². The van der Waals surface area contributed by atoms with Crippen LogP contribution in [0.2, 0.25) is 0 Å². The third kappa shape index (κ3) is 3.25. The summed E-state index contributed by atoms with van der Waals surface area (Å²) >= 11 is 0. The number of nitrogens with zero attached hydrogens (tertiary/aromatic N) is 2. The van der Waals surface area contributed by atoms with E-state index in [9.17, 15) is 9.18 Å². The zero-order chi connectivity index (χ0) is 13.7. The van der Waals surface area contributed by atoms with Crippen molar-refractivity contribution in [1.82, 2.24) is 10.2 Å². The maximum Gasteiger partial charge on any atom is 0.325 e. The van der Waals surface area contributed by atoms with Crippen LogP contribution < -0.4 is 5.32 Å². The summed E-state index contributed by atoms with van der Waals surface area (Å²) in [4.78, 5) is 10.9. The van der Waals surface area contributed by atoms with E-state index in [0.29, 0.717) is 17.1 Å². The first kappa shape index (κ1) is 12.9. The summed E-state index contributed by atoms with van der Waals surface area (Å²) in [6.07, 6.45) is 0. The van der Waals surface area contributed by atoms with Gasteiger partial charge in [0.25, 0.3) is 0 Å². The van der Waals surface area contributed by atoms with Crippen LogP contribution in [-0.4, -0.2) is 29.8 Å². The molecule has 6 heteroatoms. The zero-order valence-electron chi connectivity index (χ0n) is 10.3. The number of hydrogen-bond acceptors (Lipinski definition) is 5. The summed E-state index contributed by atoms with van der Waals surface area (Å²) in [6, 6.07) is 9.58. The SMILES string of the molecule is COC(=O)CNc1ccc(-c2ccccc2F)nn1. The molecule has 0 aliphatic heterocycles. The second-order valence-corrected chi connectivity index (χ2v) is 3.71. The van der Waals surface area contributed by atoms with Crippen molar-refractivity contribution in [2.75, 3.05) is 19.0 Å². The minimum Gasteiger partial charge on any atom is -0.468 e. The Bertz CT molecular complexity index is 572. The van der Waals surface area contributed by atoms with Gasteiger partial charge in [-0.1, -0.05) is 12.1 Å². The van der Waals surface area contributed by atoms with Crippen molar-refractivity contribution in [1.29, 1.82) is 0 Å². The van der Waals surface area contributed by atoms with Crippen molar-refractivity contribution in [3.63, 3.8) is 0 Å². The van der Waals surface area contributed by atoms with Gasteiger partial charge in [0.05, 0.1) is 12.8 Å². The number of anilines is 1. The number of benzene rings is 1. The normalized spacial score (nSPS) is 10.0. The number of ether oxygens (including phenoxy) is 1. The number of aromatic nitrogens is 2. The Morgan fingerprint density at radius 1 is 1.26 bits per heavy atom. The first-order valence-electron chi connectivity index (χ1n) is 5.60. The number of rotatable bonds is 4. The fourth-order valence-corrected chi connectivity index (χ4v) is 1.47. The lowest BCUT2D eigenvalue weighted by Crippen LogP contribution is -2.15. The topological polar surface area (TPSA) is 64.1 Å². The van der Waals surface area contributed by atoms with Crippen molar-refractivity contribution in [3.05, 3.63) is 42.2 Å². The Labute approximate surface area is 109 Å². The molecule has 0 radical (unpaired) electrons. The molecule has 1 heterocycles. The van der Waals surface area contributed by atoms with Crippen molar-refractivity contribution in [3.8, 4) is 11.3 Å². The van der Waals surface area contributed by atoms with Gasteiger partial charge in [-0.3, -0.25) is 4.79 Å². The van der Waals surface area contributed by atoms with Gasteiger partial charge in [-0.05, 0) is 24.3 Å². The number of methoxy groups -OCH3 is 1. The van der Waals surface area contributed by atoms with Crippen molar-refractivity contribution < 1.29 is 13.9 Å². The molecule has 2 rings (SSSR count). The number of hydrogen-bond donors (Lipinski definition) is 1. The molecule has 98 valence electrons. The number of carbonyl (C=O) groups excluding carboxylic acids is 1. The predicted octanol–water partition coefficient (Wildman–Crippen LogP) is 1.87. The quantitative estimate of drug-likeness (QED) is 0.851. The molecule has 0 fully saturated rings. The van der Waals surface area contributed by atoms with E-state index in [2.05, 4.69) is 20.3 Å². The molecule has 0 saturated heterocycles. The maximum absolute atomic E-state index is 13.5. The molecular formula is C13H12FN3O2. The van der Waals surface area contributed by atoms with Crippen molar-refractivity contribution in [2.24, 2.45) is 0 Å². The molecule has 1 aromatic heterocycles. The highest BCUT2D eigenvalue weighted by atomic mass is 19.1. The molecule has 19 heavy (non-hydrogen) atoms. The summed E-state index contributed by atoms with van der Waals surface area (Å²) < 4.78 is 18.0. The molecule has 0 unspecified atom stereocenters. The van der Waals surface area contributed by atoms with Crippen LogP contribution in [0.4, 0.5) is 10.2 Å². The Kier molecular flexibility index (Phi) is 4.02. The van der Waals surface area contributed by atoms with Gasteiger partial charge in [0.2, 0.25) is 0 Å². The van der Waals surface area contributed by atoms with E-state index in [1.165, 1.54) is 13.2 Å². The Balaban J connectivity index is 2.11. The van der Waals surface area contributed by atoms with Crippen molar-refractivity contribution >= 4 is 11.8 Å². The maximum atomic E-state index is 13.5. The molecule has 5 nitrogen and oxygen atoms in total. The highest BCUT2D eigenvalue weighted by Gasteiger charge is 2.06. The average Bonchev–Trinajstić information content (AvgIpc) is 2.46. The molecule has 0 aliphatic carbocycles. The molecule has 0 amide bonds. The lowest BCUT2D eigenvalue weighted by Gasteiger charge is -2.05. The van der Waals surface area contributed by atoms with E-state index in [1.54, 1.807) is 30.3 Å². The van der Waals surface area contributed by atoms with Crippen LogP contribution in [0.1, 0.15) is 0 Å². The first-order valence-corrected chi connectivity index (χ1v) is 5.60. The van der Waals surface area contributed by atoms with E-state index < -0.39 is 5.97 Å². The third-order valence-electron chi connectivity index (χ3n) is 2.46. The summed E-state index contributed by atoms with van der Waals surface area (Å²) in [7, 11) is 1.30. The van der Waals surface area contributed by atoms with Gasteiger partial charge in [0.1, 0.15) is 18.2 Å². The summed E-state index contributed by atoms with van der Waals surface area (Å²) in [5.41, 5.74) is 0.816. The van der Waals surface area contributed by atoms with Gasteiger partial charge in [-0.25, -0.2) is 4.39 Å². The molecule has 2 aromatic rings. The fourth-order valence-electron chi connectivity index (χ4n) is 1.47. The smallest absolute Gasteiger partial charge is 0.325 e. The minimum atomic E-state index is -0.403. The molecular weight excluding hydrogens is 249 g/mol. The Morgan fingerprint density at radius 3 is 2.68 bits per heavy atom. The first-order chi connectivity index (χ1) is 9.20. The number of carbonyl (C=O) groups is 1. The van der Waals surface area contributed by atoms with Crippen molar-refractivity contribution in [2.45, 2.75) is 0 Å². The Morgan fingerprint density at radius 2 is 2.05 bits per heavy atom. The van der Waals surface area contributed by atoms with Crippen LogP contribution in [0.3, 0.4) is 0 Å². The zero-order valence-corrected chi connectivity index (χ0v) is 10.3. The lowest BCUT2D eigenvalue weighted by molar-refractivity contribution is -0.138. The third-order valence-corrected chi connectivity index (χ3v) is 2.46. The molecule has 0 saturated carbocycles. The molecule has 0 atom stereocenters. The monoisotopic (exact) mass is 261 g/mol. The molecule has 0 aliphatic rings. The van der Waals surface area contributed by atoms with E-state index >= 15 is 0 Å². The van der Waals surface area contributed by atoms with Gasteiger partial charge in [0, 0.05) is 5.56 Å². The van der Waals surface area contributed by atoms with E-state index in [4.69, 9.17) is 0 Å². The predicted molar refractivity (Wildman–Crippen MR) is 67.9 cm³/mol. The number of nitrogens with one attached hydrogen (secondary N) is 1. The van der Waals surface area contributed by atoms with Gasteiger partial charge < -0.3 is 10.1 Å². The highest BCUT2D eigenvalue weighted by molar-refractivity contribution is 5.74. The lowest BCUT2D eigenvalue weighted by atomic mass is 10.1. The second-order valence-electron chi connectivity index (χ2n) is 3.71. The Hall–Kier alpha value is -2.50. The van der Waals surface area contributed by atoms with Gasteiger partial charge in [-0.15, -0.1) is 10.2 Å². The van der Waals surface area contributed by atoms with Crippen LogP contribution >= 0.6 is 0 Å². The number of halogens is 1. The molecule has 1 N–H and O–H groups in total. The van der Waals surface area contributed by atoms with Crippen LogP contribution in [-0.2, 0) is 9.53 Å². The summed E-state index contributed by atoms with van der Waals surface area (Å²) in [5, 5.41) is 10.5. The van der Waals surface area contributed by atoms with Gasteiger partial charge in [-0.2, -0.15) is 0 Å². The van der Waals surface area contributed by atoms with E-state index in [0.717, 1.165) is 0 Å². The average molecular weight is 261 g/mol. The minimum absolute atomic E-state index is 0.00419. The molecule has 0 spiro atoms. The van der Waals surface area contributed by atoms with Crippen LogP contribution in [0.15, 0.2) is 36.4 Å². The summed E-state index contributed by atoms with van der Waals surface area (Å²) in [6.45, 7) is 0.00419. The summed E-state index contributed by atoms with van der Waals surface area (Å²) in [5.74, 6) is -0.336. The molecule has 1 aromatic carbocycles. The standard InChI is InChI=1S/C13H12FN3O2/c1-19-13(18)8-15-12-7-6-11(16-17-12)9-4-2-3-5-10(9)14/h2-7H,8H2,1H3,(H,15,17). The highest BCUT2D eigenvalue weighted by Crippen LogP contribution is 2.20. The fraction of sp³-hybridized carbons (Fsp3) is 0.154. The second kappa shape index (κ2) is 5.90. The van der Waals surface area contributed by atoms with Gasteiger partial charge in [0.15, 0.2) is 0 Å². The van der Waals surface area contributed by atoms with Crippen LogP contribution in [0.5, 0.6) is 0 Å². The molecule has 0 bridgehead atoms. The van der Waals surface area contributed by atoms with E-state index in [1.807, 2.05) is 0 Å². The van der Waals surface area contributed by atoms with Crippen LogP contribution in [0.25, 0.3) is 11.3 Å². The van der Waals surface area contributed by atoms with E-state index in [-0.39, 0.29) is 12.4 Å². The largest absolute Gasteiger partial charge is 0.468 e. The van der Waals surface area contributed by atoms with Crippen LogP contribution in [0, 0.1) is 5.82 Å². The number of esters is 1.